The van der Waals surface area contributed by atoms with Crippen LogP contribution in [0.5, 0.6) is 0 Å². The van der Waals surface area contributed by atoms with Gasteiger partial charge in [0.15, 0.2) is 0 Å². The van der Waals surface area contributed by atoms with Crippen molar-refractivity contribution in [3.63, 3.8) is 0 Å². The number of rotatable bonds is 4. The number of hydrogen-bond acceptors (Lipinski definition) is 2. The minimum Gasteiger partial charge on any atom is -0.469 e. The Morgan fingerprint density at radius 3 is 2.08 bits per heavy atom. The molecule has 2 rings (SSSR count). The molecule has 0 saturated heterocycles. The fraction of sp³-hybridized carbons (Fsp3) is 0.312. The zero-order valence-corrected chi connectivity index (χ0v) is 12.8. The minimum atomic E-state index is -5.00. The average molecular weight is 365 g/mol. The van der Waals surface area contributed by atoms with Gasteiger partial charge in [-0.25, -0.2) is 0 Å². The summed E-state index contributed by atoms with van der Waals surface area (Å²) in [5.74, 6) is -0.511. The van der Waals surface area contributed by atoms with Gasteiger partial charge in [0, 0.05) is 18.0 Å². The quantitative estimate of drug-likeness (QED) is 0.800. The monoisotopic (exact) mass is 365 g/mol. The molecule has 0 spiro atoms. The molecule has 1 amide bonds. The molecule has 9 heteroatoms. The van der Waals surface area contributed by atoms with Crippen LogP contribution in [0.15, 0.2) is 41.0 Å². The number of furan rings is 1. The van der Waals surface area contributed by atoms with Crippen LogP contribution in [0.3, 0.4) is 0 Å². The number of alkyl halides is 6. The van der Waals surface area contributed by atoms with Crippen LogP contribution >= 0.6 is 0 Å². The number of benzene rings is 1. The standard InChI is InChI=1S/C16H13F6NO2/c1-9(5-13-3-2-4-25-13)23-14(24)10-6-11(15(17,18)19)8-12(7-10)16(20,21)22/h2-4,6-9H,5H2,1H3,(H,23,24). The van der Waals surface area contributed by atoms with Gasteiger partial charge in [0.05, 0.1) is 17.4 Å². The predicted octanol–water partition coefficient (Wildman–Crippen LogP) is 4.68. The largest absolute Gasteiger partial charge is 0.469 e. The SMILES string of the molecule is CC(Cc1ccco1)NC(=O)c1cc(C(F)(F)F)cc(C(F)(F)F)c1. The van der Waals surface area contributed by atoms with Gasteiger partial charge in [-0.2, -0.15) is 26.3 Å². The van der Waals surface area contributed by atoms with Gasteiger partial charge in [-0.1, -0.05) is 0 Å². The van der Waals surface area contributed by atoms with E-state index in [0.29, 0.717) is 17.9 Å². The zero-order valence-electron chi connectivity index (χ0n) is 12.8. The van der Waals surface area contributed by atoms with Crippen molar-refractivity contribution in [1.82, 2.24) is 5.32 Å². The molecule has 2 aromatic rings. The summed E-state index contributed by atoms with van der Waals surface area (Å²) in [5, 5.41) is 2.36. The van der Waals surface area contributed by atoms with Crippen LogP contribution in [0, 0.1) is 0 Å². The van der Waals surface area contributed by atoms with Crippen LogP contribution in [0.4, 0.5) is 26.3 Å². The minimum absolute atomic E-state index is 0.0247. The lowest BCUT2D eigenvalue weighted by Crippen LogP contribution is -2.34. The third-order valence-electron chi connectivity index (χ3n) is 3.31. The van der Waals surface area contributed by atoms with E-state index in [1.54, 1.807) is 19.1 Å². The summed E-state index contributed by atoms with van der Waals surface area (Å²) in [5.41, 5.74) is -3.79. The van der Waals surface area contributed by atoms with Crippen LogP contribution in [-0.4, -0.2) is 11.9 Å². The lowest BCUT2D eigenvalue weighted by Gasteiger charge is -2.16. The first-order chi connectivity index (χ1) is 11.5. The van der Waals surface area contributed by atoms with Crippen molar-refractivity contribution in [1.29, 1.82) is 0 Å². The van der Waals surface area contributed by atoms with Gasteiger partial charge < -0.3 is 9.73 Å². The van der Waals surface area contributed by atoms with Crippen molar-refractivity contribution < 1.29 is 35.6 Å². The number of hydrogen-bond donors (Lipinski definition) is 1. The Morgan fingerprint density at radius 2 is 1.64 bits per heavy atom. The number of nitrogens with one attached hydrogen (secondary N) is 1. The van der Waals surface area contributed by atoms with E-state index in [1.807, 2.05) is 0 Å². The Labute approximate surface area is 138 Å². The first-order valence-corrected chi connectivity index (χ1v) is 7.09. The molecule has 1 aromatic carbocycles. The molecule has 1 aromatic heterocycles. The number of halogens is 6. The maximum Gasteiger partial charge on any atom is 0.416 e. The smallest absolute Gasteiger partial charge is 0.416 e. The second kappa shape index (κ2) is 6.81. The third kappa shape index (κ3) is 5.01. The second-order valence-electron chi connectivity index (χ2n) is 5.45. The van der Waals surface area contributed by atoms with Gasteiger partial charge in [0.25, 0.3) is 5.91 Å². The van der Waals surface area contributed by atoms with Gasteiger partial charge >= 0.3 is 12.4 Å². The molecule has 0 saturated carbocycles. The van der Waals surface area contributed by atoms with E-state index in [4.69, 9.17) is 4.42 Å². The van der Waals surface area contributed by atoms with Gasteiger partial charge in [0.2, 0.25) is 0 Å². The highest BCUT2D eigenvalue weighted by molar-refractivity contribution is 5.94. The van der Waals surface area contributed by atoms with Crippen molar-refractivity contribution in [2.24, 2.45) is 0 Å². The normalized spacial score (nSPS) is 13.6. The first kappa shape index (κ1) is 18.9. The van der Waals surface area contributed by atoms with Gasteiger partial charge in [-0.05, 0) is 37.3 Å². The summed E-state index contributed by atoms with van der Waals surface area (Å²) in [6, 6.07) is 3.46. The molecular formula is C16H13F6NO2. The maximum absolute atomic E-state index is 12.8. The molecule has 0 bridgehead atoms. The average Bonchev–Trinajstić information content (AvgIpc) is 2.97. The Kier molecular flexibility index (Phi) is 5.15. The molecule has 25 heavy (non-hydrogen) atoms. The Bertz CT molecular complexity index is 702. The molecule has 1 atom stereocenters. The molecule has 1 N–H and O–H groups in total. The van der Waals surface area contributed by atoms with E-state index in [1.165, 1.54) is 6.26 Å². The van der Waals surface area contributed by atoms with Gasteiger partial charge in [0.1, 0.15) is 5.76 Å². The van der Waals surface area contributed by atoms with Crippen molar-refractivity contribution in [2.45, 2.75) is 31.7 Å². The Balaban J connectivity index is 2.25. The van der Waals surface area contributed by atoms with Crippen LogP contribution in [0.2, 0.25) is 0 Å². The summed E-state index contributed by atoms with van der Waals surface area (Å²) >= 11 is 0. The molecule has 0 aliphatic heterocycles. The number of carbonyl (C=O) groups excluding carboxylic acids is 1. The van der Waals surface area contributed by atoms with E-state index < -0.39 is 41.0 Å². The Hall–Kier alpha value is -2.45. The van der Waals surface area contributed by atoms with Crippen LogP contribution < -0.4 is 5.32 Å². The maximum atomic E-state index is 12.8. The van der Waals surface area contributed by atoms with E-state index in [0.717, 1.165) is 0 Å². The van der Waals surface area contributed by atoms with Crippen molar-refractivity contribution in [2.75, 3.05) is 0 Å². The summed E-state index contributed by atoms with van der Waals surface area (Å²) in [6.45, 7) is 1.55. The molecule has 0 aliphatic carbocycles. The number of carbonyl (C=O) groups is 1. The van der Waals surface area contributed by atoms with E-state index in [9.17, 15) is 31.1 Å². The van der Waals surface area contributed by atoms with Crippen molar-refractivity contribution >= 4 is 5.91 Å². The van der Waals surface area contributed by atoms with Crippen LogP contribution in [0.1, 0.15) is 34.2 Å². The molecule has 0 fully saturated rings. The molecule has 3 nitrogen and oxygen atoms in total. The molecule has 136 valence electrons. The summed E-state index contributed by atoms with van der Waals surface area (Å²) < 4.78 is 81.9. The lowest BCUT2D eigenvalue weighted by molar-refractivity contribution is -0.143. The summed E-state index contributed by atoms with van der Waals surface area (Å²) in [6.07, 6.45) is -8.36. The highest BCUT2D eigenvalue weighted by Crippen LogP contribution is 2.36. The lowest BCUT2D eigenvalue weighted by atomic mass is 10.0. The van der Waals surface area contributed by atoms with Crippen molar-refractivity contribution in [3.05, 3.63) is 59.0 Å². The van der Waals surface area contributed by atoms with Crippen molar-refractivity contribution in [3.8, 4) is 0 Å². The van der Waals surface area contributed by atoms with Gasteiger partial charge in [-0.3, -0.25) is 4.79 Å². The number of amides is 1. The second-order valence-corrected chi connectivity index (χ2v) is 5.45. The van der Waals surface area contributed by atoms with Crippen LogP contribution in [0.25, 0.3) is 0 Å². The van der Waals surface area contributed by atoms with Gasteiger partial charge in [-0.15, -0.1) is 0 Å². The highest BCUT2D eigenvalue weighted by Gasteiger charge is 2.37. The molecular weight excluding hydrogens is 352 g/mol. The van der Waals surface area contributed by atoms with Crippen LogP contribution in [-0.2, 0) is 18.8 Å². The molecule has 0 aliphatic rings. The summed E-state index contributed by atoms with van der Waals surface area (Å²) in [4.78, 5) is 12.1. The highest BCUT2D eigenvalue weighted by atomic mass is 19.4. The predicted molar refractivity (Wildman–Crippen MR) is 75.8 cm³/mol. The van der Waals surface area contributed by atoms with E-state index in [2.05, 4.69) is 5.32 Å². The zero-order chi connectivity index (χ0) is 18.8. The third-order valence-corrected chi connectivity index (χ3v) is 3.31. The van der Waals surface area contributed by atoms with E-state index in [-0.39, 0.29) is 12.5 Å². The molecule has 1 heterocycles. The molecule has 1 unspecified atom stereocenters. The summed E-state index contributed by atoms with van der Waals surface area (Å²) in [7, 11) is 0. The topological polar surface area (TPSA) is 42.2 Å². The molecule has 0 radical (unpaired) electrons. The fourth-order valence-electron chi connectivity index (χ4n) is 2.17. The van der Waals surface area contributed by atoms with E-state index >= 15 is 0 Å². The first-order valence-electron chi connectivity index (χ1n) is 7.09. The fourth-order valence-corrected chi connectivity index (χ4v) is 2.17. The Morgan fingerprint density at radius 1 is 1.08 bits per heavy atom.